The van der Waals surface area contributed by atoms with Crippen molar-refractivity contribution in [2.45, 2.75) is 12.8 Å². The Morgan fingerprint density at radius 3 is 2.36 bits per heavy atom. The predicted octanol–water partition coefficient (Wildman–Crippen LogP) is 4.07. The highest BCUT2D eigenvalue weighted by atomic mass is 35.5. The lowest BCUT2D eigenvalue weighted by Crippen LogP contribution is -2.40. The van der Waals surface area contributed by atoms with E-state index in [1.807, 2.05) is 0 Å². The molecule has 130 valence electrons. The topological polar surface area (TPSA) is 66.8 Å². The van der Waals surface area contributed by atoms with Crippen molar-refractivity contribution in [3.05, 3.63) is 59.1 Å². The number of aliphatic carboxylic acids is 1. The number of rotatable bonds is 4. The zero-order valence-electron chi connectivity index (χ0n) is 13.5. The number of carboxylic acid groups (broad SMARTS) is 1. The van der Waals surface area contributed by atoms with Gasteiger partial charge in [0.15, 0.2) is 0 Å². The first-order valence-corrected chi connectivity index (χ1v) is 8.46. The van der Waals surface area contributed by atoms with Crippen LogP contribution in [0.25, 0.3) is 0 Å². The van der Waals surface area contributed by atoms with Crippen LogP contribution in [0.1, 0.15) is 23.2 Å². The second kappa shape index (κ2) is 7.57. The van der Waals surface area contributed by atoms with E-state index in [-0.39, 0.29) is 11.8 Å². The van der Waals surface area contributed by atoms with Gasteiger partial charge in [0, 0.05) is 23.7 Å². The second-order valence-electron chi connectivity index (χ2n) is 5.99. The summed E-state index contributed by atoms with van der Waals surface area (Å²) in [4.78, 5) is 25.3. The maximum atomic E-state index is 12.6. The van der Waals surface area contributed by atoms with E-state index in [1.165, 1.54) is 0 Å². The van der Waals surface area contributed by atoms with Crippen LogP contribution >= 0.6 is 11.6 Å². The summed E-state index contributed by atoms with van der Waals surface area (Å²) in [5.41, 5.74) is 0.528. The van der Waals surface area contributed by atoms with E-state index in [1.54, 1.807) is 53.4 Å². The van der Waals surface area contributed by atoms with Gasteiger partial charge < -0.3 is 14.7 Å². The molecule has 6 heteroatoms. The van der Waals surface area contributed by atoms with Gasteiger partial charge in [0.1, 0.15) is 11.5 Å². The molecule has 1 amide bonds. The number of carbonyl (C=O) groups is 2. The van der Waals surface area contributed by atoms with E-state index >= 15 is 0 Å². The number of halogens is 1. The van der Waals surface area contributed by atoms with Gasteiger partial charge >= 0.3 is 5.97 Å². The summed E-state index contributed by atoms with van der Waals surface area (Å²) in [6, 6.07) is 14.0. The van der Waals surface area contributed by atoms with E-state index in [9.17, 15) is 9.59 Å². The van der Waals surface area contributed by atoms with E-state index in [0.717, 1.165) is 0 Å². The Hall–Kier alpha value is -2.53. The van der Waals surface area contributed by atoms with Crippen molar-refractivity contribution in [1.29, 1.82) is 0 Å². The van der Waals surface area contributed by atoms with E-state index in [4.69, 9.17) is 21.4 Å². The third-order valence-electron chi connectivity index (χ3n) is 4.26. The molecule has 25 heavy (non-hydrogen) atoms. The molecular weight excluding hydrogens is 342 g/mol. The number of carboxylic acids is 1. The van der Waals surface area contributed by atoms with Crippen LogP contribution in [0.3, 0.4) is 0 Å². The van der Waals surface area contributed by atoms with Gasteiger partial charge in [-0.3, -0.25) is 9.59 Å². The first-order chi connectivity index (χ1) is 12.0. The number of nitrogens with zero attached hydrogens (tertiary/aromatic N) is 1. The Labute approximate surface area is 150 Å². The summed E-state index contributed by atoms with van der Waals surface area (Å²) >= 11 is 5.85. The van der Waals surface area contributed by atoms with Gasteiger partial charge in [-0.2, -0.15) is 0 Å². The molecule has 1 aliphatic rings. The number of carbonyl (C=O) groups excluding carboxylic acids is 1. The zero-order chi connectivity index (χ0) is 17.8. The van der Waals surface area contributed by atoms with E-state index in [0.29, 0.717) is 48.0 Å². The van der Waals surface area contributed by atoms with Crippen LogP contribution in [0.2, 0.25) is 5.02 Å². The van der Waals surface area contributed by atoms with Gasteiger partial charge in [0.25, 0.3) is 5.91 Å². The fraction of sp³-hybridized carbons (Fsp3) is 0.263. The summed E-state index contributed by atoms with van der Waals surface area (Å²) in [5, 5.41) is 9.67. The van der Waals surface area contributed by atoms with Crippen molar-refractivity contribution in [1.82, 2.24) is 4.90 Å². The molecule has 0 aromatic heterocycles. The molecule has 0 aliphatic carbocycles. The molecule has 1 aliphatic heterocycles. The lowest BCUT2D eigenvalue weighted by Gasteiger charge is -2.30. The number of piperidine rings is 1. The maximum absolute atomic E-state index is 12.6. The fourth-order valence-corrected chi connectivity index (χ4v) is 2.97. The molecule has 1 N–H and O–H groups in total. The van der Waals surface area contributed by atoms with Crippen molar-refractivity contribution in [2.24, 2.45) is 5.92 Å². The fourth-order valence-electron chi connectivity index (χ4n) is 2.84. The normalized spacial score (nSPS) is 15.0. The highest BCUT2D eigenvalue weighted by Crippen LogP contribution is 2.25. The maximum Gasteiger partial charge on any atom is 0.306 e. The molecular formula is C19H18ClNO4. The minimum atomic E-state index is -0.787. The highest BCUT2D eigenvalue weighted by molar-refractivity contribution is 6.30. The average Bonchev–Trinajstić information content (AvgIpc) is 2.63. The molecule has 1 heterocycles. The van der Waals surface area contributed by atoms with Crippen LogP contribution in [0, 0.1) is 5.92 Å². The Morgan fingerprint density at radius 1 is 1.04 bits per heavy atom. The number of likely N-dealkylation sites (tertiary alicyclic amines) is 1. The monoisotopic (exact) mass is 359 g/mol. The highest BCUT2D eigenvalue weighted by Gasteiger charge is 2.27. The van der Waals surface area contributed by atoms with Crippen molar-refractivity contribution < 1.29 is 19.4 Å². The molecule has 0 saturated carbocycles. The number of benzene rings is 2. The molecule has 0 unspecified atom stereocenters. The van der Waals surface area contributed by atoms with Gasteiger partial charge in [0.05, 0.1) is 5.92 Å². The van der Waals surface area contributed by atoms with Gasteiger partial charge in [-0.1, -0.05) is 17.7 Å². The van der Waals surface area contributed by atoms with Crippen LogP contribution in [0.5, 0.6) is 11.5 Å². The summed E-state index contributed by atoms with van der Waals surface area (Å²) in [6.07, 6.45) is 0.976. The molecule has 0 atom stereocenters. The van der Waals surface area contributed by atoms with Gasteiger partial charge in [0.2, 0.25) is 0 Å². The largest absolute Gasteiger partial charge is 0.481 e. The average molecular weight is 360 g/mol. The van der Waals surface area contributed by atoms with E-state index < -0.39 is 5.97 Å². The minimum Gasteiger partial charge on any atom is -0.481 e. The molecule has 2 aromatic rings. The zero-order valence-corrected chi connectivity index (χ0v) is 14.3. The number of ether oxygens (including phenoxy) is 1. The van der Waals surface area contributed by atoms with Crippen LogP contribution in [-0.4, -0.2) is 35.0 Å². The SMILES string of the molecule is O=C(O)C1CCN(C(=O)c2cccc(Oc3ccc(Cl)cc3)c2)CC1. The van der Waals surface area contributed by atoms with Crippen molar-refractivity contribution in [3.8, 4) is 11.5 Å². The van der Waals surface area contributed by atoms with E-state index in [2.05, 4.69) is 0 Å². The molecule has 1 saturated heterocycles. The third-order valence-corrected chi connectivity index (χ3v) is 4.51. The molecule has 1 fully saturated rings. The van der Waals surface area contributed by atoms with Crippen molar-refractivity contribution in [2.75, 3.05) is 13.1 Å². The van der Waals surface area contributed by atoms with Crippen molar-refractivity contribution in [3.63, 3.8) is 0 Å². The first kappa shape index (κ1) is 17.3. The molecule has 3 rings (SSSR count). The van der Waals surface area contributed by atoms with Gasteiger partial charge in [-0.25, -0.2) is 0 Å². The Balaban J connectivity index is 1.67. The summed E-state index contributed by atoms with van der Waals surface area (Å²) < 4.78 is 5.75. The number of hydrogen-bond donors (Lipinski definition) is 1. The number of amides is 1. The quantitative estimate of drug-likeness (QED) is 0.893. The van der Waals surface area contributed by atoms with Crippen molar-refractivity contribution >= 4 is 23.5 Å². The minimum absolute atomic E-state index is 0.106. The number of hydrogen-bond acceptors (Lipinski definition) is 3. The lowest BCUT2D eigenvalue weighted by atomic mass is 9.96. The Bertz CT molecular complexity index is 767. The van der Waals surface area contributed by atoms with Gasteiger partial charge in [-0.15, -0.1) is 0 Å². The Morgan fingerprint density at radius 2 is 1.72 bits per heavy atom. The summed E-state index contributed by atoms with van der Waals surface area (Å²) in [7, 11) is 0. The third kappa shape index (κ3) is 4.31. The smallest absolute Gasteiger partial charge is 0.306 e. The molecule has 0 spiro atoms. The molecule has 0 radical (unpaired) electrons. The first-order valence-electron chi connectivity index (χ1n) is 8.08. The standard InChI is InChI=1S/C19H18ClNO4/c20-15-4-6-16(7-5-15)25-17-3-1-2-14(12-17)18(22)21-10-8-13(9-11-21)19(23)24/h1-7,12-13H,8-11H2,(H,23,24). The van der Waals surface area contributed by atoms with Crippen LogP contribution in [-0.2, 0) is 4.79 Å². The lowest BCUT2D eigenvalue weighted by molar-refractivity contribution is -0.143. The molecule has 0 bridgehead atoms. The predicted molar refractivity (Wildman–Crippen MR) is 94.2 cm³/mol. The van der Waals surface area contributed by atoms with Crippen LogP contribution in [0.15, 0.2) is 48.5 Å². The van der Waals surface area contributed by atoms with Crippen LogP contribution in [0.4, 0.5) is 0 Å². The molecule has 2 aromatic carbocycles. The Kier molecular flexibility index (Phi) is 5.24. The second-order valence-corrected chi connectivity index (χ2v) is 6.42. The van der Waals surface area contributed by atoms with Gasteiger partial charge in [-0.05, 0) is 55.3 Å². The van der Waals surface area contributed by atoms with Crippen LogP contribution < -0.4 is 4.74 Å². The summed E-state index contributed by atoms with van der Waals surface area (Å²) in [5.74, 6) is -0.0515. The molecule has 5 nitrogen and oxygen atoms in total. The summed E-state index contributed by atoms with van der Waals surface area (Å²) in [6.45, 7) is 0.913.